The Morgan fingerprint density at radius 3 is 2.50 bits per heavy atom. The summed E-state index contributed by atoms with van der Waals surface area (Å²) in [6, 6.07) is 15.1. The third-order valence-electron chi connectivity index (χ3n) is 4.47. The molecular formula is C21H22N4O3. The van der Waals surface area contributed by atoms with Crippen molar-refractivity contribution in [3.63, 3.8) is 0 Å². The average molecular weight is 378 g/mol. The number of carbonyl (C=O) groups is 2. The van der Waals surface area contributed by atoms with Gasteiger partial charge in [0.1, 0.15) is 19.2 Å². The molecule has 0 aliphatic carbocycles. The van der Waals surface area contributed by atoms with Gasteiger partial charge in [0.05, 0.1) is 13.7 Å². The summed E-state index contributed by atoms with van der Waals surface area (Å²) in [6.45, 7) is 2.78. The number of esters is 1. The Hall–Kier alpha value is -3.48. The summed E-state index contributed by atoms with van der Waals surface area (Å²) in [5, 5.41) is 4.07. The SMILES string of the molecule is COC(=O)CN(Cc1ccccc1C)C(=O)c1ccc(Cn2cncn2)cc1. The van der Waals surface area contributed by atoms with E-state index < -0.39 is 5.97 Å². The van der Waals surface area contributed by atoms with Crippen LogP contribution in [0.3, 0.4) is 0 Å². The molecule has 0 unspecified atom stereocenters. The first kappa shape index (κ1) is 19.3. The van der Waals surface area contributed by atoms with Gasteiger partial charge in [0, 0.05) is 12.1 Å². The first-order chi connectivity index (χ1) is 13.6. The van der Waals surface area contributed by atoms with Crippen molar-refractivity contribution in [3.05, 3.63) is 83.4 Å². The van der Waals surface area contributed by atoms with Crippen LogP contribution in [0.15, 0.2) is 61.2 Å². The maximum atomic E-state index is 13.0. The number of methoxy groups -OCH3 is 1. The zero-order chi connectivity index (χ0) is 19.9. The van der Waals surface area contributed by atoms with Crippen LogP contribution in [0.1, 0.15) is 27.0 Å². The van der Waals surface area contributed by atoms with Crippen LogP contribution in [0.2, 0.25) is 0 Å². The molecule has 1 aromatic heterocycles. The smallest absolute Gasteiger partial charge is 0.325 e. The van der Waals surface area contributed by atoms with Gasteiger partial charge >= 0.3 is 5.97 Å². The van der Waals surface area contributed by atoms with Crippen molar-refractivity contribution in [3.8, 4) is 0 Å². The van der Waals surface area contributed by atoms with Gasteiger partial charge in [0.15, 0.2) is 0 Å². The summed E-state index contributed by atoms with van der Waals surface area (Å²) in [4.78, 5) is 30.3. The quantitative estimate of drug-likeness (QED) is 0.590. The molecule has 144 valence electrons. The molecule has 0 aliphatic rings. The van der Waals surface area contributed by atoms with Gasteiger partial charge in [-0.3, -0.25) is 9.59 Å². The van der Waals surface area contributed by atoms with Crippen molar-refractivity contribution in [2.45, 2.75) is 20.0 Å². The molecule has 0 saturated carbocycles. The zero-order valence-electron chi connectivity index (χ0n) is 15.9. The number of benzene rings is 2. The van der Waals surface area contributed by atoms with Crippen LogP contribution >= 0.6 is 0 Å². The number of ether oxygens (including phenoxy) is 1. The Labute approximate surface area is 163 Å². The molecule has 0 saturated heterocycles. The van der Waals surface area contributed by atoms with Crippen molar-refractivity contribution in [1.82, 2.24) is 19.7 Å². The summed E-state index contributed by atoms with van der Waals surface area (Å²) in [5.74, 6) is -0.675. The zero-order valence-corrected chi connectivity index (χ0v) is 15.9. The highest BCUT2D eigenvalue weighted by atomic mass is 16.5. The van der Waals surface area contributed by atoms with Crippen molar-refractivity contribution >= 4 is 11.9 Å². The van der Waals surface area contributed by atoms with Gasteiger partial charge in [0.2, 0.25) is 0 Å². The average Bonchev–Trinajstić information content (AvgIpc) is 3.22. The molecule has 1 amide bonds. The van der Waals surface area contributed by atoms with Crippen LogP contribution < -0.4 is 0 Å². The molecule has 28 heavy (non-hydrogen) atoms. The molecule has 2 aromatic carbocycles. The Bertz CT molecular complexity index is 937. The lowest BCUT2D eigenvalue weighted by atomic mass is 10.1. The summed E-state index contributed by atoms with van der Waals surface area (Å²) < 4.78 is 6.47. The molecule has 7 heteroatoms. The van der Waals surface area contributed by atoms with Crippen molar-refractivity contribution in [2.75, 3.05) is 13.7 Å². The van der Waals surface area contributed by atoms with E-state index in [2.05, 4.69) is 10.1 Å². The van der Waals surface area contributed by atoms with Gasteiger partial charge in [-0.1, -0.05) is 36.4 Å². The van der Waals surface area contributed by atoms with Gasteiger partial charge in [-0.15, -0.1) is 0 Å². The molecular weight excluding hydrogens is 356 g/mol. The fourth-order valence-electron chi connectivity index (χ4n) is 2.85. The van der Waals surface area contributed by atoms with Crippen LogP contribution in [0.25, 0.3) is 0 Å². The lowest BCUT2D eigenvalue weighted by molar-refractivity contribution is -0.141. The van der Waals surface area contributed by atoms with Gasteiger partial charge in [-0.05, 0) is 35.7 Å². The second-order valence-electron chi connectivity index (χ2n) is 6.45. The molecule has 0 radical (unpaired) electrons. The molecule has 0 fully saturated rings. The number of carbonyl (C=O) groups excluding carboxylic acids is 2. The highest BCUT2D eigenvalue weighted by Crippen LogP contribution is 2.15. The first-order valence-electron chi connectivity index (χ1n) is 8.89. The Morgan fingerprint density at radius 2 is 1.86 bits per heavy atom. The molecule has 0 atom stereocenters. The van der Waals surface area contributed by atoms with Gasteiger partial charge in [-0.2, -0.15) is 5.10 Å². The predicted molar refractivity (Wildman–Crippen MR) is 104 cm³/mol. The predicted octanol–water partition coefficient (Wildman–Crippen LogP) is 2.45. The summed E-state index contributed by atoms with van der Waals surface area (Å²) in [6.07, 6.45) is 3.12. The molecule has 0 spiro atoms. The number of rotatable bonds is 7. The first-order valence-corrected chi connectivity index (χ1v) is 8.89. The molecule has 3 aromatic rings. The van der Waals surface area contributed by atoms with E-state index in [0.29, 0.717) is 18.7 Å². The lowest BCUT2D eigenvalue weighted by Crippen LogP contribution is -2.36. The van der Waals surface area contributed by atoms with Crippen molar-refractivity contribution in [2.24, 2.45) is 0 Å². The van der Waals surface area contributed by atoms with E-state index in [1.807, 2.05) is 43.3 Å². The molecule has 1 heterocycles. The maximum absolute atomic E-state index is 13.0. The third-order valence-corrected chi connectivity index (χ3v) is 4.47. The minimum absolute atomic E-state index is 0.107. The van der Waals surface area contributed by atoms with Gasteiger partial charge in [-0.25, -0.2) is 9.67 Å². The van der Waals surface area contributed by atoms with Crippen LogP contribution in [0.5, 0.6) is 0 Å². The largest absolute Gasteiger partial charge is 0.468 e. The standard InChI is InChI=1S/C21H22N4O3/c1-16-5-3-4-6-19(16)12-24(13-20(26)28-2)21(27)18-9-7-17(8-10-18)11-25-15-22-14-23-25/h3-10,14-15H,11-13H2,1-2H3. The minimum Gasteiger partial charge on any atom is -0.468 e. The normalized spacial score (nSPS) is 10.5. The molecule has 0 bridgehead atoms. The maximum Gasteiger partial charge on any atom is 0.325 e. The monoisotopic (exact) mass is 378 g/mol. The highest BCUT2D eigenvalue weighted by Gasteiger charge is 2.20. The number of nitrogens with zero attached hydrogens (tertiary/aromatic N) is 4. The van der Waals surface area contributed by atoms with E-state index in [4.69, 9.17) is 4.74 Å². The number of aromatic nitrogens is 3. The van der Waals surface area contributed by atoms with Gasteiger partial charge < -0.3 is 9.64 Å². The lowest BCUT2D eigenvalue weighted by Gasteiger charge is -2.22. The highest BCUT2D eigenvalue weighted by molar-refractivity contribution is 5.96. The van der Waals surface area contributed by atoms with Crippen molar-refractivity contribution < 1.29 is 14.3 Å². The fraction of sp³-hybridized carbons (Fsp3) is 0.238. The topological polar surface area (TPSA) is 77.3 Å². The van der Waals surface area contributed by atoms with Crippen molar-refractivity contribution in [1.29, 1.82) is 0 Å². The fourth-order valence-corrected chi connectivity index (χ4v) is 2.85. The molecule has 3 rings (SSSR count). The van der Waals surface area contributed by atoms with Gasteiger partial charge in [0.25, 0.3) is 5.91 Å². The van der Waals surface area contributed by atoms with Crippen LogP contribution in [0, 0.1) is 6.92 Å². The van der Waals surface area contributed by atoms with E-state index in [9.17, 15) is 9.59 Å². The Balaban J connectivity index is 1.77. The number of hydrogen-bond acceptors (Lipinski definition) is 5. The number of hydrogen-bond donors (Lipinski definition) is 0. The number of aryl methyl sites for hydroxylation is 1. The number of amides is 1. The third kappa shape index (κ3) is 4.82. The minimum atomic E-state index is -0.454. The second kappa shape index (κ2) is 8.94. The summed E-state index contributed by atoms with van der Waals surface area (Å²) in [5.41, 5.74) is 3.57. The van der Waals surface area contributed by atoms with Crippen LogP contribution in [-0.2, 0) is 22.6 Å². The van der Waals surface area contributed by atoms with Crippen LogP contribution in [-0.4, -0.2) is 45.2 Å². The molecule has 0 N–H and O–H groups in total. The van der Waals surface area contributed by atoms with E-state index in [1.54, 1.807) is 23.1 Å². The summed E-state index contributed by atoms with van der Waals surface area (Å²) >= 11 is 0. The van der Waals surface area contributed by atoms with E-state index in [-0.39, 0.29) is 12.5 Å². The summed E-state index contributed by atoms with van der Waals surface area (Å²) in [7, 11) is 1.32. The Morgan fingerprint density at radius 1 is 1.11 bits per heavy atom. The molecule has 0 aliphatic heterocycles. The Kier molecular flexibility index (Phi) is 6.16. The second-order valence-corrected chi connectivity index (χ2v) is 6.45. The molecule has 7 nitrogen and oxygen atoms in total. The van der Waals surface area contributed by atoms with E-state index in [1.165, 1.54) is 18.3 Å². The van der Waals surface area contributed by atoms with E-state index in [0.717, 1.165) is 16.7 Å². The van der Waals surface area contributed by atoms with Crippen LogP contribution in [0.4, 0.5) is 0 Å². The van der Waals surface area contributed by atoms with E-state index >= 15 is 0 Å².